The van der Waals surface area contributed by atoms with Crippen LogP contribution in [-0.2, 0) is 11.3 Å². The summed E-state index contributed by atoms with van der Waals surface area (Å²) in [6.07, 6.45) is -2.15. The highest BCUT2D eigenvalue weighted by Gasteiger charge is 2.44. The summed E-state index contributed by atoms with van der Waals surface area (Å²) >= 11 is 3.30. The summed E-state index contributed by atoms with van der Waals surface area (Å²) in [6.45, 7) is 4.23. The Morgan fingerprint density at radius 1 is 0.568 bits per heavy atom. The van der Waals surface area contributed by atoms with Gasteiger partial charge in [-0.1, -0.05) is 48.5 Å². The van der Waals surface area contributed by atoms with Gasteiger partial charge in [0.15, 0.2) is 0 Å². The first kappa shape index (κ1) is 26.3. The van der Waals surface area contributed by atoms with E-state index < -0.39 is 35.4 Å². The van der Waals surface area contributed by atoms with Crippen LogP contribution in [0.25, 0.3) is 21.5 Å². The van der Waals surface area contributed by atoms with Gasteiger partial charge >= 0.3 is 0 Å². The highest BCUT2D eigenvalue weighted by Crippen LogP contribution is 2.55. The number of benzene rings is 4. The van der Waals surface area contributed by atoms with E-state index in [2.05, 4.69) is 93.0 Å². The van der Waals surface area contributed by atoms with Crippen LogP contribution >= 0.6 is 22.7 Å². The van der Waals surface area contributed by atoms with Crippen LogP contribution in [0.2, 0.25) is 0 Å². The molecule has 4 heterocycles. The van der Waals surface area contributed by atoms with Gasteiger partial charge in [0.25, 0.3) is 0 Å². The normalized spacial score (nSPS) is 28.5. The molecule has 0 radical (unpaired) electrons. The van der Waals surface area contributed by atoms with Gasteiger partial charge in [-0.15, -0.1) is 12.2 Å². The maximum atomic E-state index is 14.4. The molecule has 44 heavy (non-hydrogen) atoms. The molecule has 2 aliphatic heterocycles. The molecule has 9 rings (SSSR count). The molecule has 2 atom stereocenters. The molecule has 0 saturated heterocycles. The lowest BCUT2D eigenvalue weighted by molar-refractivity contribution is -0.535. The summed E-state index contributed by atoms with van der Waals surface area (Å²) in [5, 5.41) is 56.2. The Balaban J connectivity index is 1.14. The van der Waals surface area contributed by atoms with E-state index in [9.17, 15) is 10.2 Å². The van der Waals surface area contributed by atoms with Gasteiger partial charge in [0.05, 0.1) is 0 Å². The summed E-state index contributed by atoms with van der Waals surface area (Å²) in [5.41, 5.74) is 6.51. The summed E-state index contributed by atoms with van der Waals surface area (Å²) in [6, 6.07) is 24.7. The fourth-order valence-corrected chi connectivity index (χ4v) is 9.22. The van der Waals surface area contributed by atoms with Crippen molar-refractivity contribution < 1.29 is 10.2 Å². The lowest BCUT2D eigenvalue weighted by Crippen LogP contribution is -2.64. The Morgan fingerprint density at radius 2 is 1.02 bits per heavy atom. The van der Waals surface area contributed by atoms with Gasteiger partial charge in [0, 0.05) is 44.6 Å². The molecule has 1 saturated carbocycles. The van der Waals surface area contributed by atoms with Crippen molar-refractivity contribution in [3.05, 3.63) is 117 Å². The number of rotatable bonds is 4. The van der Waals surface area contributed by atoms with E-state index in [1.807, 2.05) is 36.4 Å². The second-order valence-electron chi connectivity index (χ2n) is 12.6. The van der Waals surface area contributed by atoms with Crippen molar-refractivity contribution in [2.24, 2.45) is 0 Å². The van der Waals surface area contributed by atoms with Crippen molar-refractivity contribution in [2.45, 2.75) is 49.2 Å². The molecule has 0 spiro atoms. The van der Waals surface area contributed by atoms with E-state index in [1.54, 1.807) is 22.7 Å². The quantitative estimate of drug-likeness (QED) is 0.173. The maximum Gasteiger partial charge on any atom is 0.132 e. The van der Waals surface area contributed by atoms with E-state index in [4.69, 9.17) is 0 Å². The second-order valence-corrected chi connectivity index (χ2v) is 14.2. The standard InChI is InChI=1S/C36H30N4O2S2/c1-35(21-13-15-43-17-21)37-25-7-3-5-19-9-11-23(31(39-35)27(19)25)29-33(41)30(34(29)42)24-12-10-20-6-4-8-26-28(20)32(24)40-36(2,38-26)22-14-16-44-18-22/h3-18,29-30,33-34,37-40H,1-2H3/q-2. The van der Waals surface area contributed by atoms with Crippen LogP contribution in [0.1, 0.15) is 47.9 Å². The molecule has 6 nitrogen and oxygen atoms in total. The number of hydrogen-bond donors (Lipinski definition) is 4. The van der Waals surface area contributed by atoms with Crippen LogP contribution in [0.15, 0.2) is 94.3 Å². The van der Waals surface area contributed by atoms with E-state index in [0.29, 0.717) is 0 Å². The fourth-order valence-electron chi connectivity index (χ4n) is 7.69. The minimum absolute atomic E-state index is 0.570. The zero-order chi connectivity index (χ0) is 29.8. The lowest BCUT2D eigenvalue weighted by Gasteiger charge is -2.62. The molecule has 6 aromatic rings. The highest BCUT2D eigenvalue weighted by atomic mass is 32.1. The van der Waals surface area contributed by atoms with E-state index >= 15 is 0 Å². The SMILES string of the molecule is CC1(c2ccsc2)Nc2cccc3ccc(C4C([O-])C(c5ccc6cccc7c6c5NC(C)(c5ccsc5)N7)C4[O-])c(c23)N1. The van der Waals surface area contributed by atoms with Gasteiger partial charge in [0.2, 0.25) is 0 Å². The third-order valence-corrected chi connectivity index (χ3v) is 11.4. The van der Waals surface area contributed by atoms with E-state index in [0.717, 1.165) is 66.5 Å². The minimum Gasteiger partial charge on any atom is -0.851 e. The minimum atomic E-state index is -1.08. The first-order valence-electron chi connectivity index (χ1n) is 15.0. The molecule has 1 fully saturated rings. The molecular weight excluding hydrogens is 585 g/mol. The van der Waals surface area contributed by atoms with Crippen molar-refractivity contribution >= 4 is 67.0 Å². The summed E-state index contributed by atoms with van der Waals surface area (Å²) in [7, 11) is 0. The van der Waals surface area contributed by atoms with Crippen LogP contribution in [0.3, 0.4) is 0 Å². The molecule has 8 heteroatoms. The summed E-state index contributed by atoms with van der Waals surface area (Å²) in [4.78, 5) is 0. The molecule has 220 valence electrons. The maximum absolute atomic E-state index is 14.4. The third kappa shape index (κ3) is 3.59. The monoisotopic (exact) mass is 614 g/mol. The number of anilines is 4. The van der Waals surface area contributed by atoms with Gasteiger partial charge in [-0.05, 0) is 93.4 Å². The highest BCUT2D eigenvalue weighted by molar-refractivity contribution is 7.08. The summed E-state index contributed by atoms with van der Waals surface area (Å²) in [5.74, 6) is -1.32. The van der Waals surface area contributed by atoms with E-state index in [-0.39, 0.29) is 0 Å². The van der Waals surface area contributed by atoms with Crippen LogP contribution in [0.5, 0.6) is 0 Å². The average Bonchev–Trinajstić information content (AvgIpc) is 3.76. The molecule has 0 amide bonds. The molecule has 1 aliphatic carbocycles. The predicted octanol–water partition coefficient (Wildman–Crippen LogP) is 6.88. The van der Waals surface area contributed by atoms with E-state index in [1.165, 1.54) is 0 Å². The van der Waals surface area contributed by atoms with Crippen molar-refractivity contribution in [1.82, 2.24) is 0 Å². The molecule has 4 N–H and O–H groups in total. The Labute approximate surface area is 263 Å². The fraction of sp³-hybridized carbons (Fsp3) is 0.222. The van der Waals surface area contributed by atoms with Crippen molar-refractivity contribution in [3.63, 3.8) is 0 Å². The average molecular weight is 615 g/mol. The number of hydrogen-bond acceptors (Lipinski definition) is 8. The Morgan fingerprint density at radius 3 is 1.43 bits per heavy atom. The summed E-state index contributed by atoms with van der Waals surface area (Å²) < 4.78 is 0. The van der Waals surface area contributed by atoms with Crippen molar-refractivity contribution in [2.75, 3.05) is 21.3 Å². The van der Waals surface area contributed by atoms with Gasteiger partial charge in [0.1, 0.15) is 11.3 Å². The van der Waals surface area contributed by atoms with Crippen molar-refractivity contribution in [1.29, 1.82) is 0 Å². The second kappa shape index (κ2) is 9.22. The van der Waals surface area contributed by atoms with Gasteiger partial charge in [-0.3, -0.25) is 0 Å². The third-order valence-electron chi connectivity index (χ3n) is 10.0. The molecule has 3 aliphatic rings. The van der Waals surface area contributed by atoms with Crippen molar-refractivity contribution in [3.8, 4) is 0 Å². The zero-order valence-corrected chi connectivity index (χ0v) is 25.8. The molecule has 2 unspecified atom stereocenters. The van der Waals surface area contributed by atoms with Gasteiger partial charge in [-0.2, -0.15) is 22.7 Å². The van der Waals surface area contributed by atoms with Crippen LogP contribution < -0.4 is 31.5 Å². The molecule has 0 bridgehead atoms. The smallest absolute Gasteiger partial charge is 0.132 e. The first-order chi connectivity index (χ1) is 21.3. The van der Waals surface area contributed by atoms with Crippen LogP contribution in [0, 0.1) is 0 Å². The Hall–Kier alpha value is -4.08. The molecular formula is C36H30N4O2S2-2. The van der Waals surface area contributed by atoms with Gasteiger partial charge < -0.3 is 31.5 Å². The zero-order valence-electron chi connectivity index (χ0n) is 24.2. The topological polar surface area (TPSA) is 94.2 Å². The largest absolute Gasteiger partial charge is 0.851 e. The first-order valence-corrected chi connectivity index (χ1v) is 16.8. The Bertz CT molecular complexity index is 1920. The predicted molar refractivity (Wildman–Crippen MR) is 179 cm³/mol. The number of thiophene rings is 2. The molecule has 2 aromatic heterocycles. The Kier molecular flexibility index (Phi) is 5.52. The van der Waals surface area contributed by atoms with Crippen LogP contribution in [-0.4, -0.2) is 12.2 Å². The van der Waals surface area contributed by atoms with Gasteiger partial charge in [-0.25, -0.2) is 0 Å². The molecule has 4 aromatic carbocycles. The number of nitrogens with one attached hydrogen (secondary N) is 4. The lowest BCUT2D eigenvalue weighted by atomic mass is 9.62. The van der Waals surface area contributed by atoms with Crippen LogP contribution in [0.4, 0.5) is 22.7 Å².